The van der Waals surface area contributed by atoms with Gasteiger partial charge in [-0.05, 0) is 36.4 Å². The minimum absolute atomic E-state index is 0.227. The highest BCUT2D eigenvalue weighted by molar-refractivity contribution is 8.15. The topological polar surface area (TPSA) is 54.7 Å². The van der Waals surface area contributed by atoms with E-state index in [4.69, 9.17) is 4.74 Å². The molecule has 110 valence electrons. The SMILES string of the molecule is Oc1ccc(Oc2ccc3nc(C4=NCCS4)sc3c2)cc1. The first-order valence-corrected chi connectivity index (χ1v) is 8.63. The second kappa shape index (κ2) is 5.62. The van der Waals surface area contributed by atoms with Crippen molar-refractivity contribution in [1.82, 2.24) is 4.98 Å². The maximum Gasteiger partial charge on any atom is 0.149 e. The zero-order valence-corrected chi connectivity index (χ0v) is 13.2. The number of nitrogens with zero attached hydrogens (tertiary/aromatic N) is 2. The van der Waals surface area contributed by atoms with Gasteiger partial charge in [-0.1, -0.05) is 0 Å². The molecule has 6 heteroatoms. The van der Waals surface area contributed by atoms with E-state index in [1.165, 1.54) is 0 Å². The molecule has 1 aromatic heterocycles. The zero-order valence-electron chi connectivity index (χ0n) is 11.5. The fraction of sp³-hybridized carbons (Fsp3) is 0.125. The standard InChI is InChI=1S/C16H12N2O2S2/c19-10-1-3-11(4-2-10)20-12-5-6-13-14(9-12)22-16(18-13)15-17-7-8-21-15/h1-6,9,19H,7-8H2. The molecule has 1 aliphatic heterocycles. The summed E-state index contributed by atoms with van der Waals surface area (Å²) in [5.41, 5.74) is 0.966. The number of aromatic hydroxyl groups is 1. The van der Waals surface area contributed by atoms with Gasteiger partial charge in [0.25, 0.3) is 0 Å². The number of fused-ring (bicyclic) bond motifs is 1. The van der Waals surface area contributed by atoms with E-state index >= 15 is 0 Å². The third kappa shape index (κ3) is 2.67. The van der Waals surface area contributed by atoms with Gasteiger partial charge < -0.3 is 9.84 Å². The number of thiazole rings is 1. The molecule has 0 radical (unpaired) electrons. The highest BCUT2D eigenvalue weighted by Crippen LogP contribution is 2.32. The van der Waals surface area contributed by atoms with Gasteiger partial charge >= 0.3 is 0 Å². The third-order valence-corrected chi connectivity index (χ3v) is 5.34. The number of thioether (sulfide) groups is 1. The second-order valence-corrected chi connectivity index (χ2v) is 6.89. The van der Waals surface area contributed by atoms with E-state index in [1.807, 2.05) is 18.2 Å². The van der Waals surface area contributed by atoms with Crippen LogP contribution in [-0.4, -0.2) is 27.4 Å². The van der Waals surface area contributed by atoms with Gasteiger partial charge in [0.05, 0.1) is 10.2 Å². The van der Waals surface area contributed by atoms with Crippen LogP contribution in [0.2, 0.25) is 0 Å². The number of ether oxygens (including phenoxy) is 1. The van der Waals surface area contributed by atoms with E-state index in [1.54, 1.807) is 47.4 Å². The molecule has 1 N–H and O–H groups in total. The zero-order chi connectivity index (χ0) is 14.9. The van der Waals surface area contributed by atoms with Gasteiger partial charge in [-0.3, -0.25) is 4.99 Å². The predicted octanol–water partition coefficient (Wildman–Crippen LogP) is 4.29. The average molecular weight is 328 g/mol. The molecule has 3 aromatic rings. The molecule has 0 spiro atoms. The average Bonchev–Trinajstić information content (AvgIpc) is 3.17. The molecule has 0 atom stereocenters. The second-order valence-electron chi connectivity index (χ2n) is 4.78. The van der Waals surface area contributed by atoms with Crippen LogP contribution in [0.25, 0.3) is 10.2 Å². The van der Waals surface area contributed by atoms with Crippen LogP contribution < -0.4 is 4.74 Å². The summed E-state index contributed by atoms with van der Waals surface area (Å²) in [5.74, 6) is 2.72. The van der Waals surface area contributed by atoms with E-state index in [0.717, 1.165) is 38.3 Å². The Hall–Kier alpha value is -2.05. The smallest absolute Gasteiger partial charge is 0.149 e. The quantitative estimate of drug-likeness (QED) is 0.779. The molecule has 0 unspecified atom stereocenters. The summed E-state index contributed by atoms with van der Waals surface area (Å²) < 4.78 is 6.89. The summed E-state index contributed by atoms with van der Waals surface area (Å²) >= 11 is 3.40. The number of hydrogen-bond acceptors (Lipinski definition) is 6. The summed E-state index contributed by atoms with van der Waals surface area (Å²) in [6, 6.07) is 12.5. The Kier molecular flexibility index (Phi) is 3.48. The number of hydrogen-bond donors (Lipinski definition) is 1. The van der Waals surface area contributed by atoms with Gasteiger partial charge in [-0.2, -0.15) is 0 Å². The summed E-state index contributed by atoms with van der Waals surface area (Å²) in [5, 5.41) is 11.3. The third-order valence-electron chi connectivity index (χ3n) is 3.20. The van der Waals surface area contributed by atoms with Gasteiger partial charge in [0.15, 0.2) is 0 Å². The Morgan fingerprint density at radius 3 is 2.64 bits per heavy atom. The van der Waals surface area contributed by atoms with Crippen molar-refractivity contribution in [3.63, 3.8) is 0 Å². The van der Waals surface area contributed by atoms with Gasteiger partial charge in [-0.25, -0.2) is 4.98 Å². The lowest BCUT2D eigenvalue weighted by molar-refractivity contribution is 0.464. The molecule has 2 aromatic carbocycles. The van der Waals surface area contributed by atoms with Crippen LogP contribution in [0.4, 0.5) is 0 Å². The maximum absolute atomic E-state index is 9.30. The molecule has 2 heterocycles. The number of phenols is 1. The van der Waals surface area contributed by atoms with E-state index in [2.05, 4.69) is 9.98 Å². The largest absolute Gasteiger partial charge is 0.508 e. The first-order valence-electron chi connectivity index (χ1n) is 6.83. The Labute approximate surface area is 135 Å². The Morgan fingerprint density at radius 2 is 1.86 bits per heavy atom. The van der Waals surface area contributed by atoms with Crippen LogP contribution in [0.3, 0.4) is 0 Å². The van der Waals surface area contributed by atoms with Crippen LogP contribution in [0.1, 0.15) is 5.01 Å². The van der Waals surface area contributed by atoms with Crippen molar-refractivity contribution in [1.29, 1.82) is 0 Å². The van der Waals surface area contributed by atoms with E-state index < -0.39 is 0 Å². The Balaban J connectivity index is 1.63. The molecule has 1 aliphatic rings. The number of aromatic nitrogens is 1. The van der Waals surface area contributed by atoms with Gasteiger partial charge in [-0.15, -0.1) is 23.1 Å². The summed E-state index contributed by atoms with van der Waals surface area (Å²) in [4.78, 5) is 9.10. The molecule has 22 heavy (non-hydrogen) atoms. The number of aliphatic imine (C=N–C) groups is 1. The molecule has 0 saturated carbocycles. The molecule has 0 fully saturated rings. The van der Waals surface area contributed by atoms with Crippen molar-refractivity contribution in [3.8, 4) is 17.2 Å². The Morgan fingerprint density at radius 1 is 1.05 bits per heavy atom. The van der Waals surface area contributed by atoms with Crippen LogP contribution in [0.15, 0.2) is 47.5 Å². The van der Waals surface area contributed by atoms with E-state index in [0.29, 0.717) is 5.75 Å². The molecule has 0 saturated heterocycles. The van der Waals surface area contributed by atoms with Crippen molar-refractivity contribution in [2.45, 2.75) is 0 Å². The highest BCUT2D eigenvalue weighted by Gasteiger charge is 2.15. The molecule has 0 bridgehead atoms. The minimum Gasteiger partial charge on any atom is -0.508 e. The van der Waals surface area contributed by atoms with E-state index in [9.17, 15) is 5.11 Å². The fourth-order valence-corrected chi connectivity index (χ4v) is 4.10. The lowest BCUT2D eigenvalue weighted by Gasteiger charge is -2.05. The summed E-state index contributed by atoms with van der Waals surface area (Å²) in [7, 11) is 0. The van der Waals surface area contributed by atoms with Crippen molar-refractivity contribution >= 4 is 38.4 Å². The molecule has 4 nitrogen and oxygen atoms in total. The maximum atomic E-state index is 9.30. The number of phenolic OH excluding ortho intramolecular Hbond substituents is 1. The molecule has 0 amide bonds. The molecular weight excluding hydrogens is 316 g/mol. The van der Waals surface area contributed by atoms with Crippen molar-refractivity contribution in [3.05, 3.63) is 47.5 Å². The van der Waals surface area contributed by atoms with Crippen molar-refractivity contribution in [2.75, 3.05) is 12.3 Å². The lowest BCUT2D eigenvalue weighted by atomic mass is 10.3. The molecular formula is C16H12N2O2S2. The van der Waals surface area contributed by atoms with Crippen LogP contribution in [-0.2, 0) is 0 Å². The first kappa shape index (κ1) is 13.6. The van der Waals surface area contributed by atoms with Crippen molar-refractivity contribution in [2.24, 2.45) is 4.99 Å². The lowest BCUT2D eigenvalue weighted by Crippen LogP contribution is -1.88. The van der Waals surface area contributed by atoms with Gasteiger partial charge in [0.1, 0.15) is 27.3 Å². The van der Waals surface area contributed by atoms with Gasteiger partial charge in [0.2, 0.25) is 0 Å². The monoisotopic (exact) mass is 328 g/mol. The fourth-order valence-electron chi connectivity index (χ4n) is 2.17. The van der Waals surface area contributed by atoms with Crippen LogP contribution in [0, 0.1) is 0 Å². The molecule has 0 aliphatic carbocycles. The predicted molar refractivity (Wildman–Crippen MR) is 91.7 cm³/mol. The minimum atomic E-state index is 0.227. The van der Waals surface area contributed by atoms with Crippen LogP contribution in [0.5, 0.6) is 17.2 Å². The highest BCUT2D eigenvalue weighted by atomic mass is 32.2. The number of benzene rings is 2. The van der Waals surface area contributed by atoms with Crippen molar-refractivity contribution < 1.29 is 9.84 Å². The summed E-state index contributed by atoms with van der Waals surface area (Å²) in [6.07, 6.45) is 0. The van der Waals surface area contributed by atoms with Crippen LogP contribution >= 0.6 is 23.1 Å². The Bertz CT molecular complexity index is 856. The first-order chi connectivity index (χ1) is 10.8. The number of rotatable bonds is 3. The van der Waals surface area contributed by atoms with E-state index in [-0.39, 0.29) is 5.75 Å². The van der Waals surface area contributed by atoms with Gasteiger partial charge in [0, 0.05) is 18.4 Å². The normalized spacial score (nSPS) is 14.3. The molecule has 4 rings (SSSR count). The summed E-state index contributed by atoms with van der Waals surface area (Å²) in [6.45, 7) is 0.880.